The average molecular weight is 340 g/mol. The summed E-state index contributed by atoms with van der Waals surface area (Å²) >= 11 is 0. The number of nitrogens with one attached hydrogen (secondary N) is 1. The summed E-state index contributed by atoms with van der Waals surface area (Å²) in [5, 5.41) is 13.7. The fraction of sp³-hybridized carbons (Fsp3) is 0.474. The maximum atomic E-state index is 9.64. The van der Waals surface area contributed by atoms with Crippen LogP contribution in [0.1, 0.15) is 43.0 Å². The second-order valence-electron chi connectivity index (χ2n) is 7.12. The average Bonchev–Trinajstić information content (AvgIpc) is 3.29. The zero-order valence-corrected chi connectivity index (χ0v) is 15.0. The molecule has 0 radical (unpaired) electrons. The van der Waals surface area contributed by atoms with Gasteiger partial charge in [0.25, 0.3) is 0 Å². The molecule has 0 unspecified atom stereocenters. The van der Waals surface area contributed by atoms with Crippen LogP contribution in [-0.4, -0.2) is 19.9 Å². The minimum atomic E-state index is 0.612. The first-order valence-corrected chi connectivity index (χ1v) is 8.92. The van der Waals surface area contributed by atoms with E-state index in [1.165, 1.54) is 25.7 Å². The SMILES string of the molecule is Cc1noc(C)c1-c1cc(NO)c2nc(C)n(CC3CCCC3)c2c1. The molecule has 132 valence electrons. The van der Waals surface area contributed by atoms with E-state index in [1.54, 1.807) is 0 Å². The molecule has 1 aliphatic carbocycles. The number of rotatable bonds is 4. The van der Waals surface area contributed by atoms with E-state index in [9.17, 15) is 5.21 Å². The molecule has 0 saturated heterocycles. The van der Waals surface area contributed by atoms with Crippen molar-refractivity contribution in [2.24, 2.45) is 5.92 Å². The van der Waals surface area contributed by atoms with E-state index in [0.717, 1.165) is 46.0 Å². The molecule has 1 fully saturated rings. The van der Waals surface area contributed by atoms with Gasteiger partial charge in [0.15, 0.2) is 0 Å². The standard InChI is InChI=1S/C19H24N4O2/c1-11-18(12(2)25-22-11)15-8-16(21-24)19-17(9-15)23(13(3)20-19)10-14-6-4-5-7-14/h8-9,14,21,24H,4-7,10H2,1-3H3. The third kappa shape index (κ3) is 2.70. The second-order valence-corrected chi connectivity index (χ2v) is 7.12. The molecular formula is C19H24N4O2. The van der Waals surface area contributed by atoms with Crippen molar-refractivity contribution in [1.82, 2.24) is 14.7 Å². The van der Waals surface area contributed by atoms with Crippen LogP contribution in [0.15, 0.2) is 16.7 Å². The van der Waals surface area contributed by atoms with Gasteiger partial charge in [0.05, 0.1) is 16.9 Å². The smallest absolute Gasteiger partial charge is 0.141 e. The molecule has 6 heteroatoms. The minimum absolute atomic E-state index is 0.612. The predicted octanol–water partition coefficient (Wildman–Crippen LogP) is 4.61. The second kappa shape index (κ2) is 6.19. The van der Waals surface area contributed by atoms with Gasteiger partial charge in [-0.15, -0.1) is 0 Å². The first kappa shape index (κ1) is 16.1. The normalized spacial score (nSPS) is 15.4. The van der Waals surface area contributed by atoms with Crippen LogP contribution in [0.4, 0.5) is 5.69 Å². The Bertz CT molecular complexity index is 900. The highest BCUT2D eigenvalue weighted by Gasteiger charge is 2.21. The van der Waals surface area contributed by atoms with Crippen LogP contribution in [0.3, 0.4) is 0 Å². The van der Waals surface area contributed by atoms with Gasteiger partial charge in [0.2, 0.25) is 0 Å². The molecule has 0 aliphatic heterocycles. The summed E-state index contributed by atoms with van der Waals surface area (Å²) in [6, 6.07) is 4.04. The summed E-state index contributed by atoms with van der Waals surface area (Å²) in [7, 11) is 0. The van der Waals surface area contributed by atoms with Crippen LogP contribution < -0.4 is 5.48 Å². The number of aromatic nitrogens is 3. The maximum Gasteiger partial charge on any atom is 0.141 e. The van der Waals surface area contributed by atoms with Crippen molar-refractivity contribution in [2.75, 3.05) is 5.48 Å². The summed E-state index contributed by atoms with van der Waals surface area (Å²) in [5.41, 5.74) is 7.57. The molecular weight excluding hydrogens is 316 g/mol. The largest absolute Gasteiger partial charge is 0.361 e. The van der Waals surface area contributed by atoms with Crippen LogP contribution in [0, 0.1) is 26.7 Å². The van der Waals surface area contributed by atoms with Gasteiger partial charge in [-0.2, -0.15) is 0 Å². The Morgan fingerprint density at radius 1 is 1.24 bits per heavy atom. The quantitative estimate of drug-likeness (QED) is 0.678. The van der Waals surface area contributed by atoms with Crippen LogP contribution in [-0.2, 0) is 6.54 Å². The first-order valence-electron chi connectivity index (χ1n) is 8.92. The molecule has 2 heterocycles. The monoisotopic (exact) mass is 340 g/mol. The topological polar surface area (TPSA) is 76.1 Å². The van der Waals surface area contributed by atoms with Crippen LogP contribution in [0.5, 0.6) is 0 Å². The Morgan fingerprint density at radius 2 is 2.00 bits per heavy atom. The van der Waals surface area contributed by atoms with E-state index in [1.807, 2.05) is 26.8 Å². The first-order chi connectivity index (χ1) is 12.1. The molecule has 0 amide bonds. The Morgan fingerprint density at radius 3 is 2.64 bits per heavy atom. The highest BCUT2D eigenvalue weighted by atomic mass is 16.5. The van der Waals surface area contributed by atoms with Gasteiger partial charge in [-0.1, -0.05) is 18.0 Å². The summed E-state index contributed by atoms with van der Waals surface area (Å²) in [6.07, 6.45) is 5.22. The lowest BCUT2D eigenvalue weighted by atomic mass is 10.0. The number of anilines is 1. The van der Waals surface area contributed by atoms with Gasteiger partial charge in [-0.25, -0.2) is 4.98 Å². The molecule has 3 aromatic rings. The predicted molar refractivity (Wildman–Crippen MR) is 96.8 cm³/mol. The van der Waals surface area contributed by atoms with Crippen molar-refractivity contribution >= 4 is 16.7 Å². The van der Waals surface area contributed by atoms with Crippen molar-refractivity contribution in [3.63, 3.8) is 0 Å². The molecule has 1 aromatic carbocycles. The van der Waals surface area contributed by atoms with Gasteiger partial charge in [0.1, 0.15) is 17.1 Å². The maximum absolute atomic E-state index is 9.64. The zero-order valence-electron chi connectivity index (χ0n) is 15.0. The van der Waals surface area contributed by atoms with Crippen molar-refractivity contribution < 1.29 is 9.73 Å². The zero-order chi connectivity index (χ0) is 17.6. The van der Waals surface area contributed by atoms with Gasteiger partial charge < -0.3 is 9.09 Å². The van der Waals surface area contributed by atoms with Gasteiger partial charge in [-0.3, -0.25) is 10.7 Å². The highest BCUT2D eigenvalue weighted by molar-refractivity contribution is 5.93. The molecule has 0 spiro atoms. The van der Waals surface area contributed by atoms with E-state index in [2.05, 4.69) is 21.3 Å². The molecule has 0 bridgehead atoms. The lowest BCUT2D eigenvalue weighted by Gasteiger charge is -2.14. The van der Waals surface area contributed by atoms with E-state index >= 15 is 0 Å². The number of hydrogen-bond donors (Lipinski definition) is 2. The molecule has 4 rings (SSSR count). The molecule has 1 aliphatic rings. The van der Waals surface area contributed by atoms with Crippen molar-refractivity contribution in [1.29, 1.82) is 0 Å². The van der Waals surface area contributed by atoms with Crippen LogP contribution in [0.25, 0.3) is 22.2 Å². The van der Waals surface area contributed by atoms with Crippen molar-refractivity contribution in [3.05, 3.63) is 29.4 Å². The van der Waals surface area contributed by atoms with E-state index < -0.39 is 0 Å². The Labute approximate surface area is 146 Å². The molecule has 2 aromatic heterocycles. The molecule has 1 saturated carbocycles. The van der Waals surface area contributed by atoms with Gasteiger partial charge in [0, 0.05) is 12.1 Å². The number of benzene rings is 1. The molecule has 0 atom stereocenters. The van der Waals surface area contributed by atoms with Gasteiger partial charge in [-0.05, 0) is 57.2 Å². The van der Waals surface area contributed by atoms with E-state index in [4.69, 9.17) is 9.51 Å². The number of fused-ring (bicyclic) bond motifs is 1. The molecule has 6 nitrogen and oxygen atoms in total. The van der Waals surface area contributed by atoms with E-state index in [-0.39, 0.29) is 0 Å². The highest BCUT2D eigenvalue weighted by Crippen LogP contribution is 2.35. The fourth-order valence-electron chi connectivity index (χ4n) is 4.15. The van der Waals surface area contributed by atoms with E-state index in [0.29, 0.717) is 11.6 Å². The Hall–Kier alpha value is -2.34. The number of imidazole rings is 1. The minimum Gasteiger partial charge on any atom is -0.361 e. The molecule has 2 N–H and O–H groups in total. The van der Waals surface area contributed by atoms with Crippen LogP contribution >= 0.6 is 0 Å². The summed E-state index contributed by atoms with van der Waals surface area (Å²) in [4.78, 5) is 4.69. The summed E-state index contributed by atoms with van der Waals surface area (Å²) < 4.78 is 7.61. The third-order valence-electron chi connectivity index (χ3n) is 5.40. The lowest BCUT2D eigenvalue weighted by Crippen LogP contribution is -2.09. The van der Waals surface area contributed by atoms with Crippen LogP contribution in [0.2, 0.25) is 0 Å². The number of hydrogen-bond acceptors (Lipinski definition) is 5. The Balaban J connectivity index is 1.89. The van der Waals surface area contributed by atoms with Gasteiger partial charge >= 0.3 is 0 Å². The number of aryl methyl sites for hydroxylation is 3. The third-order valence-corrected chi connectivity index (χ3v) is 5.40. The Kier molecular flexibility index (Phi) is 4.00. The fourth-order valence-corrected chi connectivity index (χ4v) is 4.15. The summed E-state index contributed by atoms with van der Waals surface area (Å²) in [6.45, 7) is 6.86. The molecule has 25 heavy (non-hydrogen) atoms. The number of nitrogens with zero attached hydrogens (tertiary/aromatic N) is 3. The summed E-state index contributed by atoms with van der Waals surface area (Å²) in [5.74, 6) is 2.47. The lowest BCUT2D eigenvalue weighted by molar-refractivity contribution is 0.389. The van der Waals surface area contributed by atoms with Crippen molar-refractivity contribution in [2.45, 2.75) is 53.0 Å². The van der Waals surface area contributed by atoms with Crippen molar-refractivity contribution in [3.8, 4) is 11.1 Å².